The van der Waals surface area contributed by atoms with E-state index in [2.05, 4.69) is 41.5 Å². The van der Waals surface area contributed by atoms with Gasteiger partial charge in [-0.15, -0.1) is 0 Å². The van der Waals surface area contributed by atoms with E-state index in [0.717, 1.165) is 102 Å². The van der Waals surface area contributed by atoms with E-state index < -0.39 is 97.5 Å². The lowest BCUT2D eigenvalue weighted by Crippen LogP contribution is -2.30. The Balaban J connectivity index is 5.24. The molecule has 0 aromatic rings. The highest BCUT2D eigenvalue weighted by atomic mass is 31.2. The van der Waals surface area contributed by atoms with Gasteiger partial charge in [0.1, 0.15) is 19.3 Å². The minimum absolute atomic E-state index is 0.108. The monoisotopic (exact) mass is 1610 g/mol. The van der Waals surface area contributed by atoms with Crippen LogP contribution in [-0.4, -0.2) is 96.7 Å². The fourth-order valence-corrected chi connectivity index (χ4v) is 15.9. The van der Waals surface area contributed by atoms with Crippen molar-refractivity contribution in [2.75, 3.05) is 39.6 Å². The number of ether oxygens (including phenoxy) is 4. The van der Waals surface area contributed by atoms with E-state index in [0.29, 0.717) is 25.7 Å². The van der Waals surface area contributed by atoms with Gasteiger partial charge in [-0.2, -0.15) is 0 Å². The van der Waals surface area contributed by atoms with E-state index in [1.165, 1.54) is 308 Å². The van der Waals surface area contributed by atoms with Crippen molar-refractivity contribution in [2.24, 2.45) is 11.8 Å². The third-order valence-corrected chi connectivity index (χ3v) is 23.4. The Bertz CT molecular complexity index is 2100. The summed E-state index contributed by atoms with van der Waals surface area (Å²) in [5.41, 5.74) is 0. The average Bonchev–Trinajstić information content (AvgIpc) is 0.896. The van der Waals surface area contributed by atoms with Crippen LogP contribution in [0.15, 0.2) is 0 Å². The molecule has 3 N–H and O–H groups in total. The molecule has 0 aliphatic carbocycles. The molecule has 0 saturated heterocycles. The molecule has 0 bridgehead atoms. The lowest BCUT2D eigenvalue weighted by atomic mass is 10.0. The Morgan fingerprint density at radius 2 is 0.418 bits per heavy atom. The van der Waals surface area contributed by atoms with Crippen molar-refractivity contribution in [1.82, 2.24) is 0 Å². The first-order valence-corrected chi connectivity index (χ1v) is 50.0. The molecule has 654 valence electrons. The van der Waals surface area contributed by atoms with Crippen molar-refractivity contribution >= 4 is 39.5 Å². The molecule has 2 unspecified atom stereocenters. The molecule has 0 amide bonds. The number of phosphoric acid groups is 2. The number of unbranched alkanes of at least 4 members (excludes halogenated alkanes) is 60. The lowest BCUT2D eigenvalue weighted by Gasteiger charge is -2.21. The van der Waals surface area contributed by atoms with Gasteiger partial charge in [-0.1, -0.05) is 440 Å². The van der Waals surface area contributed by atoms with Gasteiger partial charge in [-0.3, -0.25) is 37.3 Å². The van der Waals surface area contributed by atoms with Crippen LogP contribution in [0.5, 0.6) is 0 Å². The summed E-state index contributed by atoms with van der Waals surface area (Å²) in [5, 5.41) is 10.7. The zero-order valence-corrected chi connectivity index (χ0v) is 74.4. The standard InChI is InChI=1S/C91H178O17P2/c1-7-9-11-13-15-17-19-21-23-25-26-27-28-32-36-39-43-49-55-61-67-73-88(93)101-79-86(107-90(95)76-70-64-58-51-45-41-37-33-30-29-31-34-38-42-47-53-59-65-71-83(3)4)81-105-109(97,98)103-77-85(92)78-104-110(99,100)106-82-87(80-102-89(94)74-68-62-56-52-46-48-54-60-66-72-84(5)6)108-91(96)75-69-63-57-50-44-40-35-24-22-20-18-16-14-12-10-8-2/h83-87,92H,7-82H2,1-6H3,(H,97,98)(H,99,100)/t85-,86-,87-/m1/s1. The maximum atomic E-state index is 13.2. The Morgan fingerprint density at radius 1 is 0.245 bits per heavy atom. The summed E-state index contributed by atoms with van der Waals surface area (Å²) in [4.78, 5) is 73.4. The second kappa shape index (κ2) is 82.2. The zero-order valence-electron chi connectivity index (χ0n) is 72.6. The number of phosphoric ester groups is 2. The molecule has 0 fully saturated rings. The highest BCUT2D eigenvalue weighted by Crippen LogP contribution is 2.45. The summed E-state index contributed by atoms with van der Waals surface area (Å²) < 4.78 is 69.1. The van der Waals surface area contributed by atoms with E-state index in [-0.39, 0.29) is 25.7 Å². The number of rotatable bonds is 90. The molecule has 19 heteroatoms. The average molecular weight is 1610 g/mol. The first-order valence-electron chi connectivity index (χ1n) is 47.0. The van der Waals surface area contributed by atoms with E-state index in [4.69, 9.17) is 37.0 Å². The summed E-state index contributed by atoms with van der Waals surface area (Å²) in [6.45, 7) is 9.72. The van der Waals surface area contributed by atoms with Crippen LogP contribution < -0.4 is 0 Å². The number of aliphatic hydroxyl groups excluding tert-OH is 1. The minimum Gasteiger partial charge on any atom is -0.462 e. The first-order chi connectivity index (χ1) is 53.4. The van der Waals surface area contributed by atoms with E-state index >= 15 is 0 Å². The smallest absolute Gasteiger partial charge is 0.462 e. The van der Waals surface area contributed by atoms with Crippen molar-refractivity contribution in [3.05, 3.63) is 0 Å². The molecule has 0 heterocycles. The molecule has 0 saturated carbocycles. The van der Waals surface area contributed by atoms with Crippen LogP contribution in [0.1, 0.15) is 491 Å². The van der Waals surface area contributed by atoms with Gasteiger partial charge in [0.25, 0.3) is 0 Å². The van der Waals surface area contributed by atoms with Gasteiger partial charge >= 0.3 is 39.5 Å². The molecule has 0 spiro atoms. The second-order valence-corrected chi connectivity index (χ2v) is 36.6. The first kappa shape index (κ1) is 108. The van der Waals surface area contributed by atoms with Gasteiger partial charge in [-0.05, 0) is 37.5 Å². The van der Waals surface area contributed by atoms with Gasteiger partial charge in [0.2, 0.25) is 0 Å². The van der Waals surface area contributed by atoms with Crippen LogP contribution in [0.4, 0.5) is 0 Å². The topological polar surface area (TPSA) is 237 Å². The van der Waals surface area contributed by atoms with E-state index in [1.807, 2.05) is 0 Å². The molecule has 0 rings (SSSR count). The van der Waals surface area contributed by atoms with Crippen LogP contribution in [0.3, 0.4) is 0 Å². The molecule has 5 atom stereocenters. The summed E-state index contributed by atoms with van der Waals surface area (Å²) >= 11 is 0. The molecule has 0 radical (unpaired) electrons. The molecular formula is C91H178O17P2. The van der Waals surface area contributed by atoms with Crippen molar-refractivity contribution in [2.45, 2.75) is 509 Å². The molecule has 0 aromatic heterocycles. The number of carbonyl (C=O) groups is 4. The highest BCUT2D eigenvalue weighted by molar-refractivity contribution is 7.47. The quantitative estimate of drug-likeness (QED) is 0.0222. The van der Waals surface area contributed by atoms with Crippen LogP contribution in [0, 0.1) is 11.8 Å². The minimum atomic E-state index is -4.97. The molecule has 0 aliphatic heterocycles. The second-order valence-electron chi connectivity index (χ2n) is 33.6. The van der Waals surface area contributed by atoms with Gasteiger partial charge in [0, 0.05) is 25.7 Å². The van der Waals surface area contributed by atoms with Gasteiger partial charge < -0.3 is 33.8 Å². The number of hydrogen-bond donors (Lipinski definition) is 3. The molecule has 0 aliphatic rings. The van der Waals surface area contributed by atoms with Crippen LogP contribution >= 0.6 is 15.6 Å². The normalized spacial score (nSPS) is 13.7. The summed E-state index contributed by atoms with van der Waals surface area (Å²) in [6.07, 6.45) is 76.5. The van der Waals surface area contributed by atoms with Crippen molar-refractivity contribution in [3.63, 3.8) is 0 Å². The lowest BCUT2D eigenvalue weighted by molar-refractivity contribution is -0.161. The summed E-state index contributed by atoms with van der Waals surface area (Å²) in [6, 6.07) is 0. The zero-order chi connectivity index (χ0) is 80.6. The predicted octanol–water partition coefficient (Wildman–Crippen LogP) is 28.2. The molecule has 17 nitrogen and oxygen atoms in total. The Hall–Kier alpha value is -1.94. The number of esters is 4. The SMILES string of the molecule is CCCCCCCCCCCCCCCCCCCCCCCC(=O)OC[C@H](COP(=O)(O)OC[C@@H](O)COP(=O)(O)OC[C@@H](COC(=O)CCCCCCCCCCCC(C)C)OC(=O)CCCCCCCCCCCCCCCCCC)OC(=O)CCCCCCCCCCCCCCCCCCCCC(C)C. The predicted molar refractivity (Wildman–Crippen MR) is 455 cm³/mol. The Labute approximate surface area is 677 Å². The van der Waals surface area contributed by atoms with Crippen LogP contribution in [0.25, 0.3) is 0 Å². The maximum absolute atomic E-state index is 13.2. The van der Waals surface area contributed by atoms with Crippen LogP contribution in [0.2, 0.25) is 0 Å². The van der Waals surface area contributed by atoms with Crippen molar-refractivity contribution < 1.29 is 80.2 Å². The van der Waals surface area contributed by atoms with Crippen molar-refractivity contribution in [1.29, 1.82) is 0 Å². The Kier molecular flexibility index (Phi) is 80.7. The molecular weight excluding hydrogens is 1430 g/mol. The van der Waals surface area contributed by atoms with Crippen LogP contribution in [-0.2, 0) is 65.4 Å². The highest BCUT2D eigenvalue weighted by Gasteiger charge is 2.31. The number of aliphatic hydroxyl groups is 1. The van der Waals surface area contributed by atoms with Gasteiger partial charge in [0.15, 0.2) is 12.2 Å². The fraction of sp³-hybridized carbons (Fsp3) is 0.956. The van der Waals surface area contributed by atoms with Crippen molar-refractivity contribution in [3.8, 4) is 0 Å². The molecule has 0 aromatic carbocycles. The fourth-order valence-electron chi connectivity index (χ4n) is 14.3. The third kappa shape index (κ3) is 84.0. The number of carbonyl (C=O) groups excluding carboxylic acids is 4. The summed E-state index contributed by atoms with van der Waals surface area (Å²) in [5.74, 6) is -0.532. The van der Waals surface area contributed by atoms with E-state index in [9.17, 15) is 43.2 Å². The number of hydrogen-bond acceptors (Lipinski definition) is 15. The van der Waals surface area contributed by atoms with Gasteiger partial charge in [0.05, 0.1) is 26.4 Å². The third-order valence-electron chi connectivity index (χ3n) is 21.5. The summed E-state index contributed by atoms with van der Waals surface area (Å²) in [7, 11) is -9.94. The van der Waals surface area contributed by atoms with E-state index in [1.54, 1.807) is 0 Å². The van der Waals surface area contributed by atoms with Gasteiger partial charge in [-0.25, -0.2) is 9.13 Å². The largest absolute Gasteiger partial charge is 0.472 e. The maximum Gasteiger partial charge on any atom is 0.472 e. The molecule has 110 heavy (non-hydrogen) atoms. The Morgan fingerprint density at radius 3 is 0.618 bits per heavy atom.